The van der Waals surface area contributed by atoms with Crippen LogP contribution in [-0.4, -0.2) is 19.3 Å². The van der Waals surface area contributed by atoms with Crippen molar-refractivity contribution >= 4 is 0 Å². The van der Waals surface area contributed by atoms with Crippen molar-refractivity contribution in [2.24, 2.45) is 0 Å². The van der Waals surface area contributed by atoms with Crippen LogP contribution in [0.15, 0.2) is 12.3 Å². The summed E-state index contributed by atoms with van der Waals surface area (Å²) in [5.74, 6) is 0. The predicted octanol–water partition coefficient (Wildman–Crippen LogP) is 4.06. The Morgan fingerprint density at radius 2 is 1.81 bits per heavy atom. The molecule has 0 saturated carbocycles. The second-order valence-electron chi connectivity index (χ2n) is 4.57. The zero-order chi connectivity index (χ0) is 11.5. The second-order valence-corrected chi connectivity index (χ2v) is 4.57. The first-order chi connectivity index (χ1) is 7.93. The van der Waals surface area contributed by atoms with Crippen LogP contribution >= 0.6 is 0 Å². The molecule has 0 aliphatic carbocycles. The van der Waals surface area contributed by atoms with Crippen LogP contribution in [0.1, 0.15) is 58.3 Å². The molecule has 1 aliphatic rings. The van der Waals surface area contributed by atoms with Gasteiger partial charge in [0.25, 0.3) is 0 Å². The van der Waals surface area contributed by atoms with Gasteiger partial charge in [0, 0.05) is 0 Å². The topological polar surface area (TPSA) is 21.8 Å². The van der Waals surface area contributed by atoms with Gasteiger partial charge in [0.1, 0.15) is 12.7 Å². The Morgan fingerprint density at radius 1 is 1.12 bits per heavy atom. The Hall–Kier alpha value is -0.500. The Morgan fingerprint density at radius 3 is 2.50 bits per heavy atom. The normalized spacial score (nSPS) is 19.2. The molecule has 1 saturated heterocycles. The van der Waals surface area contributed by atoms with Gasteiger partial charge >= 0.3 is 0 Å². The average molecular weight is 226 g/mol. The third-order valence-electron chi connectivity index (χ3n) is 2.85. The number of rotatable bonds is 11. The summed E-state index contributed by atoms with van der Waals surface area (Å²) >= 11 is 0. The summed E-state index contributed by atoms with van der Waals surface area (Å²) in [7, 11) is 0. The summed E-state index contributed by atoms with van der Waals surface area (Å²) < 4.78 is 10.4. The first-order valence-electron chi connectivity index (χ1n) is 6.81. The predicted molar refractivity (Wildman–Crippen MR) is 67.4 cm³/mol. The highest BCUT2D eigenvalue weighted by molar-refractivity contribution is 4.75. The van der Waals surface area contributed by atoms with Gasteiger partial charge in [0.2, 0.25) is 0 Å². The highest BCUT2D eigenvalue weighted by Gasteiger charge is 2.22. The highest BCUT2D eigenvalue weighted by Crippen LogP contribution is 2.10. The molecule has 0 amide bonds. The Balaban J connectivity index is 1.69. The summed E-state index contributed by atoms with van der Waals surface area (Å²) in [5, 5.41) is 0. The van der Waals surface area contributed by atoms with Crippen LogP contribution in [0.5, 0.6) is 0 Å². The molecule has 1 rings (SSSR count). The van der Waals surface area contributed by atoms with E-state index in [0.717, 1.165) is 19.6 Å². The SMILES string of the molecule is CCCCCCCCC/C=C/OCC1CO1. The Labute approximate surface area is 100 Å². The molecule has 0 N–H and O–H groups in total. The maximum absolute atomic E-state index is 5.31. The number of ether oxygens (including phenoxy) is 2. The number of hydrogen-bond acceptors (Lipinski definition) is 2. The van der Waals surface area contributed by atoms with Crippen LogP contribution < -0.4 is 0 Å². The first kappa shape index (κ1) is 13.6. The number of allylic oxidation sites excluding steroid dienone is 1. The van der Waals surface area contributed by atoms with Crippen molar-refractivity contribution in [2.75, 3.05) is 13.2 Å². The van der Waals surface area contributed by atoms with Gasteiger partial charge in [-0.15, -0.1) is 0 Å². The van der Waals surface area contributed by atoms with Crippen LogP contribution in [0, 0.1) is 0 Å². The number of unbranched alkanes of at least 4 members (excludes halogenated alkanes) is 7. The molecule has 1 unspecified atom stereocenters. The maximum Gasteiger partial charge on any atom is 0.116 e. The van der Waals surface area contributed by atoms with E-state index < -0.39 is 0 Å². The van der Waals surface area contributed by atoms with E-state index >= 15 is 0 Å². The molecule has 0 radical (unpaired) electrons. The molecule has 0 spiro atoms. The molecule has 0 aromatic rings. The van der Waals surface area contributed by atoms with E-state index in [0.29, 0.717) is 6.10 Å². The fourth-order valence-electron chi connectivity index (χ4n) is 1.68. The van der Waals surface area contributed by atoms with Crippen LogP contribution in [0.4, 0.5) is 0 Å². The van der Waals surface area contributed by atoms with Crippen LogP contribution in [0.25, 0.3) is 0 Å². The van der Waals surface area contributed by atoms with Crippen LogP contribution in [-0.2, 0) is 9.47 Å². The molecule has 0 aromatic heterocycles. The number of hydrogen-bond donors (Lipinski definition) is 0. The van der Waals surface area contributed by atoms with Gasteiger partial charge in [-0.25, -0.2) is 0 Å². The molecule has 0 bridgehead atoms. The fourth-order valence-corrected chi connectivity index (χ4v) is 1.68. The number of epoxide rings is 1. The molecular formula is C14H26O2. The van der Waals surface area contributed by atoms with E-state index in [1.54, 1.807) is 0 Å². The van der Waals surface area contributed by atoms with Gasteiger partial charge < -0.3 is 9.47 Å². The maximum atomic E-state index is 5.31. The lowest BCUT2D eigenvalue weighted by Crippen LogP contribution is -1.94. The highest BCUT2D eigenvalue weighted by atomic mass is 16.6. The van der Waals surface area contributed by atoms with Gasteiger partial charge in [-0.3, -0.25) is 0 Å². The van der Waals surface area contributed by atoms with Gasteiger partial charge in [0.15, 0.2) is 0 Å². The molecular weight excluding hydrogens is 200 g/mol. The molecule has 2 nitrogen and oxygen atoms in total. The zero-order valence-corrected chi connectivity index (χ0v) is 10.6. The van der Waals surface area contributed by atoms with Gasteiger partial charge in [-0.2, -0.15) is 0 Å². The summed E-state index contributed by atoms with van der Waals surface area (Å²) in [4.78, 5) is 0. The van der Waals surface area contributed by atoms with E-state index in [2.05, 4.69) is 13.0 Å². The minimum absolute atomic E-state index is 0.378. The third-order valence-corrected chi connectivity index (χ3v) is 2.85. The lowest BCUT2D eigenvalue weighted by molar-refractivity contribution is 0.211. The van der Waals surface area contributed by atoms with Gasteiger partial charge in [0.05, 0.1) is 12.9 Å². The Kier molecular flexibility index (Phi) is 8.23. The zero-order valence-electron chi connectivity index (χ0n) is 10.6. The summed E-state index contributed by atoms with van der Waals surface area (Å²) in [6.45, 7) is 3.87. The molecule has 94 valence electrons. The standard InChI is InChI=1S/C14H26O2/c1-2-3-4-5-6-7-8-9-10-11-15-12-14-13-16-14/h10-11,14H,2-9,12-13H2,1H3/b11-10+. The summed E-state index contributed by atoms with van der Waals surface area (Å²) in [5.41, 5.74) is 0. The van der Waals surface area contributed by atoms with Crippen molar-refractivity contribution in [2.45, 2.75) is 64.4 Å². The van der Waals surface area contributed by atoms with E-state index in [1.165, 1.54) is 44.9 Å². The largest absolute Gasteiger partial charge is 0.499 e. The van der Waals surface area contributed by atoms with Crippen molar-refractivity contribution in [3.05, 3.63) is 12.3 Å². The first-order valence-corrected chi connectivity index (χ1v) is 6.81. The molecule has 0 aromatic carbocycles. The minimum atomic E-state index is 0.378. The minimum Gasteiger partial charge on any atom is -0.499 e. The van der Waals surface area contributed by atoms with Crippen molar-refractivity contribution in [1.29, 1.82) is 0 Å². The quantitative estimate of drug-likeness (QED) is 0.301. The van der Waals surface area contributed by atoms with E-state index in [1.807, 2.05) is 6.26 Å². The Bertz CT molecular complexity index is 174. The lowest BCUT2D eigenvalue weighted by atomic mass is 10.1. The molecule has 16 heavy (non-hydrogen) atoms. The van der Waals surface area contributed by atoms with E-state index in [-0.39, 0.29) is 0 Å². The fraction of sp³-hybridized carbons (Fsp3) is 0.857. The van der Waals surface area contributed by atoms with E-state index in [4.69, 9.17) is 9.47 Å². The molecule has 1 atom stereocenters. The van der Waals surface area contributed by atoms with Crippen molar-refractivity contribution in [1.82, 2.24) is 0 Å². The molecule has 1 fully saturated rings. The van der Waals surface area contributed by atoms with Crippen LogP contribution in [0.2, 0.25) is 0 Å². The summed E-state index contributed by atoms with van der Waals surface area (Å²) in [6, 6.07) is 0. The third kappa shape index (κ3) is 8.78. The molecule has 1 aliphatic heterocycles. The van der Waals surface area contributed by atoms with Crippen molar-refractivity contribution < 1.29 is 9.47 Å². The van der Waals surface area contributed by atoms with Gasteiger partial charge in [-0.1, -0.05) is 45.4 Å². The van der Waals surface area contributed by atoms with Crippen molar-refractivity contribution in [3.8, 4) is 0 Å². The van der Waals surface area contributed by atoms with E-state index in [9.17, 15) is 0 Å². The molecule has 2 heteroatoms. The van der Waals surface area contributed by atoms with Crippen LogP contribution in [0.3, 0.4) is 0 Å². The lowest BCUT2D eigenvalue weighted by Gasteiger charge is -1.99. The monoisotopic (exact) mass is 226 g/mol. The average Bonchev–Trinajstić information content (AvgIpc) is 3.10. The second kappa shape index (κ2) is 9.71. The van der Waals surface area contributed by atoms with Crippen molar-refractivity contribution in [3.63, 3.8) is 0 Å². The summed E-state index contributed by atoms with van der Waals surface area (Å²) in [6.07, 6.45) is 15.1. The smallest absolute Gasteiger partial charge is 0.116 e. The molecule has 1 heterocycles. The van der Waals surface area contributed by atoms with Gasteiger partial charge in [-0.05, 0) is 18.9 Å².